The van der Waals surface area contributed by atoms with Crippen molar-refractivity contribution in [3.63, 3.8) is 0 Å². The summed E-state index contributed by atoms with van der Waals surface area (Å²) in [6.45, 7) is 5.25. The van der Waals surface area contributed by atoms with Crippen LogP contribution < -0.4 is 4.74 Å². The Kier molecular flexibility index (Phi) is 3.41. The minimum atomic E-state index is 0.588. The highest BCUT2D eigenvalue weighted by molar-refractivity contribution is 5.81. The highest BCUT2D eigenvalue weighted by Crippen LogP contribution is 2.22. The number of nitrogens with zero attached hydrogens (tertiary/aromatic N) is 3. The Morgan fingerprint density at radius 1 is 1.25 bits per heavy atom. The molecule has 0 N–H and O–H groups in total. The Morgan fingerprint density at radius 2 is 2.15 bits per heavy atom. The fraction of sp³-hybridized carbons (Fsp3) is 0.333. The summed E-state index contributed by atoms with van der Waals surface area (Å²) >= 11 is 0. The minimum absolute atomic E-state index is 0.588. The van der Waals surface area contributed by atoms with E-state index in [9.17, 15) is 0 Å². The van der Waals surface area contributed by atoms with Gasteiger partial charge in [-0.2, -0.15) is 4.98 Å². The lowest BCUT2D eigenvalue weighted by Gasteiger charge is -2.04. The lowest BCUT2D eigenvalue weighted by molar-refractivity contribution is 0.340. The molecule has 5 heteroatoms. The summed E-state index contributed by atoms with van der Waals surface area (Å²) in [5.74, 6) is 2.27. The maximum Gasteiger partial charge on any atom is 0.246 e. The fourth-order valence-corrected chi connectivity index (χ4v) is 2.22. The van der Waals surface area contributed by atoms with Crippen LogP contribution >= 0.6 is 0 Å². The molecule has 1 aromatic carbocycles. The van der Waals surface area contributed by atoms with Crippen molar-refractivity contribution in [2.45, 2.75) is 26.8 Å². The Balaban J connectivity index is 1.88. The van der Waals surface area contributed by atoms with E-state index in [0.29, 0.717) is 19.0 Å². The van der Waals surface area contributed by atoms with Gasteiger partial charge in [-0.1, -0.05) is 12.1 Å². The minimum Gasteiger partial charge on any atom is -0.494 e. The van der Waals surface area contributed by atoms with Crippen molar-refractivity contribution in [3.05, 3.63) is 42.2 Å². The van der Waals surface area contributed by atoms with Gasteiger partial charge < -0.3 is 13.8 Å². The van der Waals surface area contributed by atoms with E-state index in [1.165, 1.54) is 0 Å². The van der Waals surface area contributed by atoms with E-state index >= 15 is 0 Å². The monoisotopic (exact) mass is 271 g/mol. The SMILES string of the molecule is CCOc1ccc2c(ccn2Cc2nc(CC)no2)c1. The lowest BCUT2D eigenvalue weighted by atomic mass is 10.2. The summed E-state index contributed by atoms with van der Waals surface area (Å²) in [7, 11) is 0. The van der Waals surface area contributed by atoms with Crippen LogP contribution in [0.25, 0.3) is 10.9 Å². The number of ether oxygens (including phenoxy) is 1. The molecule has 0 bridgehead atoms. The van der Waals surface area contributed by atoms with Crippen molar-refractivity contribution >= 4 is 10.9 Å². The summed E-state index contributed by atoms with van der Waals surface area (Å²) in [6, 6.07) is 8.14. The molecule has 0 atom stereocenters. The number of aromatic nitrogens is 3. The molecular formula is C15H17N3O2. The first-order valence-electron chi connectivity index (χ1n) is 6.83. The van der Waals surface area contributed by atoms with Gasteiger partial charge in [0.2, 0.25) is 5.89 Å². The Labute approximate surface area is 117 Å². The molecule has 0 saturated heterocycles. The molecule has 5 nitrogen and oxygen atoms in total. The molecule has 20 heavy (non-hydrogen) atoms. The molecule has 104 valence electrons. The molecule has 0 spiro atoms. The van der Waals surface area contributed by atoms with Crippen LogP contribution in [0.5, 0.6) is 5.75 Å². The van der Waals surface area contributed by atoms with Crippen LogP contribution in [0.3, 0.4) is 0 Å². The molecule has 0 radical (unpaired) electrons. The number of rotatable bonds is 5. The summed E-state index contributed by atoms with van der Waals surface area (Å²) in [6.07, 6.45) is 2.81. The third-order valence-corrected chi connectivity index (χ3v) is 3.19. The van der Waals surface area contributed by atoms with Crippen LogP contribution in [-0.2, 0) is 13.0 Å². The summed E-state index contributed by atoms with van der Waals surface area (Å²) in [4.78, 5) is 4.33. The first-order chi connectivity index (χ1) is 9.80. The van der Waals surface area contributed by atoms with Crippen LogP contribution in [0, 0.1) is 0 Å². The normalized spacial score (nSPS) is 11.1. The van der Waals surface area contributed by atoms with Crippen LogP contribution in [0.15, 0.2) is 35.0 Å². The molecule has 0 fully saturated rings. The second-order valence-corrected chi connectivity index (χ2v) is 4.56. The highest BCUT2D eigenvalue weighted by Gasteiger charge is 2.08. The number of hydrogen-bond acceptors (Lipinski definition) is 4. The van der Waals surface area contributed by atoms with Gasteiger partial charge >= 0.3 is 0 Å². The first kappa shape index (κ1) is 12.7. The molecule has 3 aromatic rings. The average molecular weight is 271 g/mol. The van der Waals surface area contributed by atoms with Gasteiger partial charge in [0.05, 0.1) is 6.61 Å². The van der Waals surface area contributed by atoms with Crippen molar-refractivity contribution in [2.75, 3.05) is 6.61 Å². The maximum absolute atomic E-state index is 5.51. The number of aryl methyl sites for hydroxylation is 1. The highest BCUT2D eigenvalue weighted by atomic mass is 16.5. The molecule has 0 amide bonds. The van der Waals surface area contributed by atoms with E-state index in [0.717, 1.165) is 28.9 Å². The van der Waals surface area contributed by atoms with Gasteiger partial charge in [0.1, 0.15) is 12.3 Å². The smallest absolute Gasteiger partial charge is 0.246 e. The van der Waals surface area contributed by atoms with Crippen molar-refractivity contribution in [3.8, 4) is 5.75 Å². The number of hydrogen-bond donors (Lipinski definition) is 0. The van der Waals surface area contributed by atoms with E-state index in [4.69, 9.17) is 9.26 Å². The topological polar surface area (TPSA) is 53.1 Å². The van der Waals surface area contributed by atoms with Gasteiger partial charge in [-0.3, -0.25) is 0 Å². The Hall–Kier alpha value is -2.30. The zero-order valence-electron chi connectivity index (χ0n) is 11.7. The second kappa shape index (κ2) is 5.36. The van der Waals surface area contributed by atoms with Crippen molar-refractivity contribution < 1.29 is 9.26 Å². The van der Waals surface area contributed by atoms with Gasteiger partial charge in [-0.15, -0.1) is 0 Å². The molecule has 3 rings (SSSR count). The molecule has 2 heterocycles. The first-order valence-corrected chi connectivity index (χ1v) is 6.83. The summed E-state index contributed by atoms with van der Waals surface area (Å²) < 4.78 is 12.8. The van der Waals surface area contributed by atoms with Gasteiger partial charge in [0.15, 0.2) is 5.82 Å². The predicted molar refractivity (Wildman–Crippen MR) is 75.9 cm³/mol. The zero-order chi connectivity index (χ0) is 13.9. The maximum atomic E-state index is 5.51. The molecule has 0 aliphatic carbocycles. The molecule has 0 aliphatic heterocycles. The van der Waals surface area contributed by atoms with Crippen LogP contribution in [0.4, 0.5) is 0 Å². The zero-order valence-corrected chi connectivity index (χ0v) is 11.7. The third-order valence-electron chi connectivity index (χ3n) is 3.19. The predicted octanol–water partition coefficient (Wildman–Crippen LogP) is 3.03. The quantitative estimate of drug-likeness (QED) is 0.715. The van der Waals surface area contributed by atoms with E-state index in [2.05, 4.69) is 26.8 Å². The van der Waals surface area contributed by atoms with Gasteiger partial charge in [0.25, 0.3) is 0 Å². The Morgan fingerprint density at radius 3 is 2.90 bits per heavy atom. The Bertz CT molecular complexity index is 715. The molecule has 0 unspecified atom stereocenters. The summed E-state index contributed by atoms with van der Waals surface area (Å²) in [5, 5.41) is 5.06. The van der Waals surface area contributed by atoms with Gasteiger partial charge in [-0.05, 0) is 31.2 Å². The van der Waals surface area contributed by atoms with Crippen LogP contribution in [-0.4, -0.2) is 21.3 Å². The van der Waals surface area contributed by atoms with Crippen LogP contribution in [0.1, 0.15) is 25.6 Å². The van der Waals surface area contributed by atoms with Gasteiger partial charge in [-0.25, -0.2) is 0 Å². The number of benzene rings is 1. The third kappa shape index (κ3) is 2.39. The molecule has 0 aliphatic rings. The van der Waals surface area contributed by atoms with E-state index in [-0.39, 0.29) is 0 Å². The lowest BCUT2D eigenvalue weighted by Crippen LogP contribution is -1.98. The number of fused-ring (bicyclic) bond motifs is 1. The van der Waals surface area contributed by atoms with Crippen molar-refractivity contribution in [1.82, 2.24) is 14.7 Å². The van der Waals surface area contributed by atoms with E-state index in [1.807, 2.05) is 32.2 Å². The standard InChI is InChI=1S/C15H17N3O2/c1-3-14-16-15(20-17-14)10-18-8-7-11-9-12(19-4-2)5-6-13(11)18/h5-9H,3-4,10H2,1-2H3. The van der Waals surface area contributed by atoms with Gasteiger partial charge in [0, 0.05) is 23.5 Å². The second-order valence-electron chi connectivity index (χ2n) is 4.56. The molecular weight excluding hydrogens is 254 g/mol. The largest absolute Gasteiger partial charge is 0.494 e. The van der Waals surface area contributed by atoms with E-state index in [1.54, 1.807) is 0 Å². The average Bonchev–Trinajstić information content (AvgIpc) is 3.07. The molecule has 0 saturated carbocycles. The fourth-order valence-electron chi connectivity index (χ4n) is 2.22. The van der Waals surface area contributed by atoms with Crippen molar-refractivity contribution in [1.29, 1.82) is 0 Å². The van der Waals surface area contributed by atoms with Crippen LogP contribution in [0.2, 0.25) is 0 Å². The molecule has 2 aromatic heterocycles. The summed E-state index contributed by atoms with van der Waals surface area (Å²) in [5.41, 5.74) is 1.13. The van der Waals surface area contributed by atoms with E-state index < -0.39 is 0 Å². The van der Waals surface area contributed by atoms with Crippen molar-refractivity contribution in [2.24, 2.45) is 0 Å².